The summed E-state index contributed by atoms with van der Waals surface area (Å²) in [6.07, 6.45) is 1.53. The normalized spacial score (nSPS) is 10.9. The maximum atomic E-state index is 12.1. The fourth-order valence-electron chi connectivity index (χ4n) is 2.30. The highest BCUT2D eigenvalue weighted by Crippen LogP contribution is 2.30. The first-order valence-electron chi connectivity index (χ1n) is 8.95. The lowest BCUT2D eigenvalue weighted by atomic mass is 10.2. The number of aromatic nitrogens is 2. The van der Waals surface area contributed by atoms with Crippen LogP contribution in [-0.4, -0.2) is 42.3 Å². The van der Waals surface area contributed by atoms with E-state index in [2.05, 4.69) is 20.7 Å². The van der Waals surface area contributed by atoms with Gasteiger partial charge in [-0.15, -0.1) is 10.2 Å². The summed E-state index contributed by atoms with van der Waals surface area (Å²) >= 11 is 10.3. The standard InChI is InChI=1S/C20H19ClN4O3S3/c1-27-16-8-5-14(17(9-16)28-2)10-22-23-18(26)12-30-20-25-24-19(31-20)29-11-13-3-6-15(21)7-4-13/h3-10H,11-12H2,1-2H3,(H,23,26)/b22-10+. The third kappa shape index (κ3) is 7.42. The van der Waals surface area contributed by atoms with Gasteiger partial charge in [-0.1, -0.05) is 58.6 Å². The van der Waals surface area contributed by atoms with Crippen LogP contribution in [0.2, 0.25) is 5.02 Å². The Morgan fingerprint density at radius 1 is 1.13 bits per heavy atom. The first-order chi connectivity index (χ1) is 15.1. The molecular weight excluding hydrogens is 476 g/mol. The molecule has 11 heteroatoms. The average Bonchev–Trinajstić information content (AvgIpc) is 3.25. The van der Waals surface area contributed by atoms with E-state index in [0.29, 0.717) is 16.5 Å². The van der Waals surface area contributed by atoms with Gasteiger partial charge in [0.1, 0.15) is 11.5 Å². The molecule has 3 rings (SSSR count). The number of amides is 1. The SMILES string of the molecule is COc1ccc(/C=N/NC(=O)CSc2nnc(SCc3ccc(Cl)cc3)s2)c(OC)c1. The molecule has 0 unspecified atom stereocenters. The van der Waals surface area contributed by atoms with Gasteiger partial charge in [-0.2, -0.15) is 5.10 Å². The summed E-state index contributed by atoms with van der Waals surface area (Å²) in [5, 5.41) is 13.0. The van der Waals surface area contributed by atoms with Crippen LogP contribution in [0.5, 0.6) is 11.5 Å². The molecule has 162 valence electrons. The molecule has 0 radical (unpaired) electrons. The van der Waals surface area contributed by atoms with Crippen molar-refractivity contribution in [1.82, 2.24) is 15.6 Å². The number of thioether (sulfide) groups is 2. The van der Waals surface area contributed by atoms with Gasteiger partial charge in [0.25, 0.3) is 5.91 Å². The van der Waals surface area contributed by atoms with E-state index < -0.39 is 0 Å². The van der Waals surface area contributed by atoms with Crippen LogP contribution in [0, 0.1) is 0 Å². The highest BCUT2D eigenvalue weighted by Gasteiger charge is 2.09. The molecule has 0 aliphatic carbocycles. The molecule has 1 heterocycles. The summed E-state index contributed by atoms with van der Waals surface area (Å²) < 4.78 is 12.0. The number of carbonyl (C=O) groups excluding carboxylic acids is 1. The topological polar surface area (TPSA) is 85.7 Å². The van der Waals surface area contributed by atoms with E-state index in [-0.39, 0.29) is 11.7 Å². The average molecular weight is 495 g/mol. The number of hydrazone groups is 1. The van der Waals surface area contributed by atoms with Crippen LogP contribution in [0.4, 0.5) is 0 Å². The van der Waals surface area contributed by atoms with Crippen LogP contribution in [0.3, 0.4) is 0 Å². The fourth-order valence-corrected chi connectivity index (χ4v) is 5.19. The molecule has 7 nitrogen and oxygen atoms in total. The Kier molecular flexibility index (Phi) is 9.01. The molecule has 3 aromatic rings. The zero-order chi connectivity index (χ0) is 22.1. The molecule has 0 atom stereocenters. The number of rotatable bonds is 10. The molecule has 0 aliphatic rings. The maximum Gasteiger partial charge on any atom is 0.250 e. The summed E-state index contributed by atoms with van der Waals surface area (Å²) in [4.78, 5) is 12.1. The van der Waals surface area contributed by atoms with Gasteiger partial charge in [-0.3, -0.25) is 4.79 Å². The van der Waals surface area contributed by atoms with Crippen molar-refractivity contribution in [2.75, 3.05) is 20.0 Å². The fraction of sp³-hybridized carbons (Fsp3) is 0.200. The van der Waals surface area contributed by atoms with Crippen LogP contribution in [0.1, 0.15) is 11.1 Å². The molecule has 0 saturated heterocycles. The van der Waals surface area contributed by atoms with E-state index in [1.807, 2.05) is 24.3 Å². The van der Waals surface area contributed by atoms with Crippen molar-refractivity contribution in [3.63, 3.8) is 0 Å². The van der Waals surface area contributed by atoms with E-state index in [1.165, 1.54) is 29.3 Å². The second-order valence-corrected chi connectivity index (χ2v) is 9.80. The molecule has 0 fully saturated rings. The highest BCUT2D eigenvalue weighted by atomic mass is 35.5. The van der Waals surface area contributed by atoms with Crippen LogP contribution >= 0.6 is 46.5 Å². The predicted octanol–water partition coefficient (Wildman–Crippen LogP) is 4.74. The van der Waals surface area contributed by atoms with Crippen molar-refractivity contribution >= 4 is 58.6 Å². The molecule has 31 heavy (non-hydrogen) atoms. The number of ether oxygens (including phenoxy) is 2. The maximum absolute atomic E-state index is 12.1. The number of carbonyl (C=O) groups is 1. The van der Waals surface area contributed by atoms with Gasteiger partial charge in [0, 0.05) is 22.4 Å². The molecule has 1 N–H and O–H groups in total. The molecule has 1 aromatic heterocycles. The second-order valence-electron chi connectivity index (χ2n) is 5.94. The molecule has 0 saturated carbocycles. The van der Waals surface area contributed by atoms with Gasteiger partial charge in [0.15, 0.2) is 8.68 Å². The van der Waals surface area contributed by atoms with Gasteiger partial charge in [0.2, 0.25) is 0 Å². The molecule has 2 aromatic carbocycles. The largest absolute Gasteiger partial charge is 0.497 e. The number of benzene rings is 2. The smallest absolute Gasteiger partial charge is 0.250 e. The zero-order valence-electron chi connectivity index (χ0n) is 16.7. The Morgan fingerprint density at radius 2 is 1.87 bits per heavy atom. The predicted molar refractivity (Wildman–Crippen MR) is 127 cm³/mol. The van der Waals surface area contributed by atoms with Crippen molar-refractivity contribution in [3.8, 4) is 11.5 Å². The summed E-state index contributed by atoms with van der Waals surface area (Å²) in [5.41, 5.74) is 4.38. The quantitative estimate of drug-likeness (QED) is 0.247. The summed E-state index contributed by atoms with van der Waals surface area (Å²) in [6.45, 7) is 0. The van der Waals surface area contributed by atoms with Crippen LogP contribution in [0.15, 0.2) is 56.2 Å². The zero-order valence-corrected chi connectivity index (χ0v) is 19.9. The van der Waals surface area contributed by atoms with E-state index in [9.17, 15) is 4.79 Å². The lowest BCUT2D eigenvalue weighted by molar-refractivity contribution is -0.118. The Hall–Kier alpha value is -2.27. The number of methoxy groups -OCH3 is 2. The lowest BCUT2D eigenvalue weighted by Crippen LogP contribution is -2.19. The van der Waals surface area contributed by atoms with Gasteiger partial charge in [-0.25, -0.2) is 5.43 Å². The molecule has 0 spiro atoms. The number of halogens is 1. The summed E-state index contributed by atoms with van der Waals surface area (Å²) in [5.74, 6) is 2.01. The molecular formula is C20H19ClN4O3S3. The summed E-state index contributed by atoms with van der Waals surface area (Å²) in [7, 11) is 3.14. The number of hydrogen-bond donors (Lipinski definition) is 1. The second kappa shape index (κ2) is 11.9. The Morgan fingerprint density at radius 3 is 2.58 bits per heavy atom. The van der Waals surface area contributed by atoms with Crippen LogP contribution < -0.4 is 14.9 Å². The van der Waals surface area contributed by atoms with Crippen molar-refractivity contribution in [3.05, 3.63) is 58.6 Å². The van der Waals surface area contributed by atoms with Gasteiger partial charge < -0.3 is 9.47 Å². The first kappa shape index (κ1) is 23.4. The molecule has 0 aliphatic heterocycles. The number of nitrogens with zero attached hydrogens (tertiary/aromatic N) is 3. The summed E-state index contributed by atoms with van der Waals surface area (Å²) in [6, 6.07) is 13.0. The van der Waals surface area contributed by atoms with Crippen molar-refractivity contribution in [2.24, 2.45) is 5.10 Å². The lowest BCUT2D eigenvalue weighted by Gasteiger charge is -2.06. The van der Waals surface area contributed by atoms with Crippen molar-refractivity contribution < 1.29 is 14.3 Å². The number of hydrogen-bond acceptors (Lipinski definition) is 9. The van der Waals surface area contributed by atoms with Crippen molar-refractivity contribution in [2.45, 2.75) is 14.4 Å². The van der Waals surface area contributed by atoms with E-state index >= 15 is 0 Å². The highest BCUT2D eigenvalue weighted by molar-refractivity contribution is 8.03. The molecule has 1 amide bonds. The van der Waals surface area contributed by atoms with Crippen molar-refractivity contribution in [1.29, 1.82) is 0 Å². The number of nitrogens with one attached hydrogen (secondary N) is 1. The molecule has 0 bridgehead atoms. The Balaban J connectivity index is 1.43. The van der Waals surface area contributed by atoms with Gasteiger partial charge in [-0.05, 0) is 29.8 Å². The first-order valence-corrected chi connectivity index (χ1v) is 12.1. The van der Waals surface area contributed by atoms with E-state index in [0.717, 1.165) is 25.6 Å². The Bertz CT molecular complexity index is 1040. The minimum absolute atomic E-state index is 0.188. The van der Waals surface area contributed by atoms with Gasteiger partial charge >= 0.3 is 0 Å². The monoisotopic (exact) mass is 494 g/mol. The van der Waals surface area contributed by atoms with Crippen LogP contribution in [-0.2, 0) is 10.5 Å². The van der Waals surface area contributed by atoms with Crippen LogP contribution in [0.25, 0.3) is 0 Å². The third-order valence-electron chi connectivity index (χ3n) is 3.82. The third-order valence-corrected chi connectivity index (χ3v) is 7.34. The van der Waals surface area contributed by atoms with E-state index in [4.69, 9.17) is 21.1 Å². The minimum Gasteiger partial charge on any atom is -0.497 e. The Labute approximate surface area is 197 Å². The van der Waals surface area contributed by atoms with Gasteiger partial charge in [0.05, 0.1) is 26.2 Å². The minimum atomic E-state index is -0.237. The van der Waals surface area contributed by atoms with E-state index in [1.54, 1.807) is 44.2 Å².